The molecule has 3 aliphatic heterocycles. The van der Waals surface area contributed by atoms with E-state index in [1.54, 1.807) is 12.1 Å². The molecule has 2 unspecified atom stereocenters. The molecule has 1 saturated carbocycles. The molecule has 0 aromatic heterocycles. The summed E-state index contributed by atoms with van der Waals surface area (Å²) in [6, 6.07) is 15.4. The van der Waals surface area contributed by atoms with Crippen LogP contribution in [-0.2, 0) is 26.2 Å². The van der Waals surface area contributed by atoms with E-state index in [-0.39, 0.29) is 79.5 Å². The number of fused-ring (bicyclic) bond motifs is 2. The van der Waals surface area contributed by atoms with E-state index in [9.17, 15) is 31.6 Å². The molecule has 6 rings (SSSR count). The molecule has 3 atom stereocenters. The number of carbonyl (C=O) groups is 3. The summed E-state index contributed by atoms with van der Waals surface area (Å²) in [6.45, 7) is 0.729. The molecule has 2 N–H and O–H groups in total. The fraction of sp³-hybridized carbons (Fsp3) is 0.559. The molecule has 3 saturated heterocycles. The molecule has 3 heterocycles. The predicted octanol–water partition coefficient (Wildman–Crippen LogP) is 4.85. The molecule has 4 aliphatic rings. The minimum atomic E-state index is -3.59. The summed E-state index contributed by atoms with van der Waals surface area (Å²) in [7, 11) is -0.678. The van der Waals surface area contributed by atoms with E-state index in [0.717, 1.165) is 22.7 Å². The third-order valence-electron chi connectivity index (χ3n) is 10.5. The summed E-state index contributed by atoms with van der Waals surface area (Å²) in [6.07, 6.45) is 3.24. The molecule has 2 aromatic carbocycles. The van der Waals surface area contributed by atoms with Gasteiger partial charge in [-0.25, -0.2) is 26.3 Å². The number of nitrogens with one attached hydrogen (secondary N) is 2. The van der Waals surface area contributed by atoms with E-state index in [2.05, 4.69) is 15.5 Å². The average Bonchev–Trinajstić information content (AvgIpc) is 3.42. The lowest BCUT2D eigenvalue weighted by atomic mass is 9.82. The number of rotatable bonds is 10. The Balaban J connectivity index is 0.00000451. The first-order chi connectivity index (χ1) is 22.3. The number of carbonyl (C=O) groups excluding carboxylic acids is 3. The van der Waals surface area contributed by atoms with E-state index in [4.69, 9.17) is 0 Å². The van der Waals surface area contributed by atoms with Crippen molar-refractivity contribution in [2.24, 2.45) is 5.92 Å². The monoisotopic (exact) mass is 707 g/mol. The van der Waals surface area contributed by atoms with Gasteiger partial charge in [0, 0.05) is 51.5 Å². The number of benzene rings is 2. The Morgan fingerprint density at radius 3 is 2.17 bits per heavy atom. The van der Waals surface area contributed by atoms with E-state index in [1.807, 2.05) is 30.3 Å². The number of piperidine rings is 1. The van der Waals surface area contributed by atoms with Crippen molar-refractivity contribution < 1.29 is 31.6 Å². The molecule has 2 bridgehead atoms. The van der Waals surface area contributed by atoms with Crippen LogP contribution in [0.3, 0.4) is 0 Å². The third-order valence-corrected chi connectivity index (χ3v) is 12.3. The Morgan fingerprint density at radius 2 is 1.58 bits per heavy atom. The largest absolute Gasteiger partial charge is 0.349 e. The van der Waals surface area contributed by atoms with Crippen LogP contribution >= 0.6 is 12.4 Å². The van der Waals surface area contributed by atoms with Gasteiger partial charge in [0.25, 0.3) is 5.91 Å². The molecule has 1 aliphatic carbocycles. The van der Waals surface area contributed by atoms with Gasteiger partial charge in [-0.2, -0.15) is 0 Å². The number of hydrogen-bond donors (Lipinski definition) is 2. The van der Waals surface area contributed by atoms with Crippen LogP contribution < -0.4 is 10.6 Å². The highest BCUT2D eigenvalue weighted by Crippen LogP contribution is 2.44. The molecule has 4 fully saturated rings. The van der Waals surface area contributed by atoms with Crippen LogP contribution in [-0.4, -0.2) is 84.6 Å². The van der Waals surface area contributed by atoms with Crippen molar-refractivity contribution in [1.29, 1.82) is 0 Å². The number of nitrogens with zero attached hydrogens (tertiary/aromatic N) is 3. The molecular weight excluding hydrogens is 664 g/mol. The van der Waals surface area contributed by atoms with Gasteiger partial charge in [0.05, 0.1) is 17.5 Å². The summed E-state index contributed by atoms with van der Waals surface area (Å²) >= 11 is 0. The van der Waals surface area contributed by atoms with Gasteiger partial charge >= 0.3 is 6.03 Å². The van der Waals surface area contributed by atoms with Crippen LogP contribution in [0.2, 0.25) is 0 Å². The van der Waals surface area contributed by atoms with Gasteiger partial charge in [-0.3, -0.25) is 19.4 Å². The lowest BCUT2D eigenvalue weighted by molar-refractivity contribution is -0.134. The summed E-state index contributed by atoms with van der Waals surface area (Å²) in [5, 5.41) is 6.18. The van der Waals surface area contributed by atoms with Gasteiger partial charge in [0.15, 0.2) is 0 Å². The second kappa shape index (κ2) is 14.0. The van der Waals surface area contributed by atoms with Crippen molar-refractivity contribution >= 4 is 40.3 Å². The smallest absolute Gasteiger partial charge is 0.325 e. The average molecular weight is 708 g/mol. The number of hydrogen-bond acceptors (Lipinski definition) is 6. The van der Waals surface area contributed by atoms with Crippen LogP contribution in [0.1, 0.15) is 75.0 Å². The summed E-state index contributed by atoms with van der Waals surface area (Å²) in [5.74, 6) is -3.55. The van der Waals surface area contributed by atoms with E-state index >= 15 is 0 Å². The van der Waals surface area contributed by atoms with Crippen molar-refractivity contribution in [3.8, 4) is 0 Å². The SMILES string of the molecule is CN(C)S(=O)(=O)c1ccc(CN2C(=O)NC3(CC4CCC(C3)N4CC[C@@H](NC(=O)C3CCC(F)(F)CC3)c3ccccc3)C2=O)cc1.Cl. The molecule has 48 heavy (non-hydrogen) atoms. The highest BCUT2D eigenvalue weighted by atomic mass is 35.5. The Bertz CT molecular complexity index is 1590. The Kier molecular flexibility index (Phi) is 10.6. The number of sulfonamides is 1. The number of imide groups is 1. The minimum absolute atomic E-state index is 0. The van der Waals surface area contributed by atoms with Crippen molar-refractivity contribution in [3.05, 3.63) is 65.7 Å². The zero-order chi connectivity index (χ0) is 33.6. The normalized spacial score (nSPS) is 26.4. The Labute approximate surface area is 287 Å². The highest BCUT2D eigenvalue weighted by Gasteiger charge is 2.58. The molecule has 10 nitrogen and oxygen atoms in total. The minimum Gasteiger partial charge on any atom is -0.349 e. The number of alkyl halides is 2. The van der Waals surface area contributed by atoms with Crippen LogP contribution in [0.5, 0.6) is 0 Å². The van der Waals surface area contributed by atoms with E-state index in [0.29, 0.717) is 31.4 Å². The van der Waals surface area contributed by atoms with Gasteiger partial charge in [0.2, 0.25) is 21.9 Å². The van der Waals surface area contributed by atoms with Gasteiger partial charge in [-0.15, -0.1) is 12.4 Å². The number of halogens is 3. The first-order valence-corrected chi connectivity index (χ1v) is 17.9. The summed E-state index contributed by atoms with van der Waals surface area (Å²) in [4.78, 5) is 43.9. The first-order valence-electron chi connectivity index (χ1n) is 16.4. The van der Waals surface area contributed by atoms with Crippen molar-refractivity contribution in [1.82, 2.24) is 24.7 Å². The topological polar surface area (TPSA) is 119 Å². The van der Waals surface area contributed by atoms with Crippen LogP contribution in [0, 0.1) is 5.92 Å². The number of urea groups is 1. The van der Waals surface area contributed by atoms with E-state index in [1.165, 1.54) is 31.1 Å². The highest BCUT2D eigenvalue weighted by molar-refractivity contribution is 7.89. The van der Waals surface area contributed by atoms with Gasteiger partial charge < -0.3 is 10.6 Å². The van der Waals surface area contributed by atoms with Gasteiger partial charge in [-0.05, 0) is 68.2 Å². The first kappa shape index (κ1) is 36.2. The Hall–Kier alpha value is -3.13. The molecule has 262 valence electrons. The fourth-order valence-corrected chi connectivity index (χ4v) is 8.74. The zero-order valence-corrected chi connectivity index (χ0v) is 28.9. The maximum absolute atomic E-state index is 13.8. The molecule has 14 heteroatoms. The molecule has 1 spiro atoms. The van der Waals surface area contributed by atoms with E-state index < -0.39 is 33.4 Å². The molecule has 4 amide bonds. The number of amides is 4. The quantitative estimate of drug-likeness (QED) is 0.341. The van der Waals surface area contributed by atoms with Gasteiger partial charge in [-0.1, -0.05) is 42.5 Å². The molecular formula is C34H44ClF2N5O5S. The van der Waals surface area contributed by atoms with Crippen molar-refractivity contribution in [3.63, 3.8) is 0 Å². The third kappa shape index (κ3) is 7.24. The maximum Gasteiger partial charge on any atom is 0.325 e. The van der Waals surface area contributed by atoms with Crippen molar-refractivity contribution in [2.75, 3.05) is 20.6 Å². The van der Waals surface area contributed by atoms with Crippen molar-refractivity contribution in [2.45, 2.75) is 98.8 Å². The van der Waals surface area contributed by atoms with Gasteiger partial charge in [0.1, 0.15) is 5.54 Å². The second-order valence-corrected chi connectivity index (χ2v) is 15.9. The zero-order valence-electron chi connectivity index (χ0n) is 27.2. The van der Waals surface area contributed by atoms with Crippen LogP contribution in [0.25, 0.3) is 0 Å². The summed E-state index contributed by atoms with van der Waals surface area (Å²) < 4.78 is 53.4. The summed E-state index contributed by atoms with van der Waals surface area (Å²) in [5.41, 5.74) is 0.632. The standard InChI is InChI=1S/C34H43F2N5O5S.ClH/c1-39(2)47(45,46)28-12-8-23(9-13-28)22-41-31(43)33(38-32(41)44)20-26-10-11-27(21-33)40(26)19-16-29(24-6-4-3-5-7-24)37-30(42)25-14-17-34(35,36)18-15-25;/h3-9,12-13,25-27,29H,10-11,14-22H2,1-2H3,(H,37,42)(H,38,44);1H/t26?,27?,29-,33?;/m1./s1. The van der Waals surface area contributed by atoms with Crippen LogP contribution in [0.15, 0.2) is 59.5 Å². The lowest BCUT2D eigenvalue weighted by Crippen LogP contribution is -2.59. The lowest BCUT2D eigenvalue weighted by Gasteiger charge is -2.43. The second-order valence-electron chi connectivity index (χ2n) is 13.8. The predicted molar refractivity (Wildman–Crippen MR) is 178 cm³/mol. The van der Waals surface area contributed by atoms with Crippen LogP contribution in [0.4, 0.5) is 13.6 Å². The molecule has 2 aromatic rings. The fourth-order valence-electron chi connectivity index (χ4n) is 7.84. The maximum atomic E-state index is 13.8. The molecule has 0 radical (unpaired) electrons. The Morgan fingerprint density at radius 1 is 0.979 bits per heavy atom.